The molecule has 0 aliphatic rings. The van der Waals surface area contributed by atoms with Crippen molar-refractivity contribution < 1.29 is 0 Å². The maximum atomic E-state index is 3.31. The Balaban J connectivity index is 2.70. The largest absolute Gasteiger partial charge is 0.314 e. The molecule has 0 saturated carbocycles. The summed E-state index contributed by atoms with van der Waals surface area (Å²) in [6.07, 6.45) is 1.12. The van der Waals surface area contributed by atoms with Gasteiger partial charge in [-0.2, -0.15) is 0 Å². The molecule has 0 spiro atoms. The van der Waals surface area contributed by atoms with E-state index in [-0.39, 0.29) is 5.54 Å². The van der Waals surface area contributed by atoms with Crippen molar-refractivity contribution in [1.29, 1.82) is 0 Å². The van der Waals surface area contributed by atoms with Crippen LogP contribution in [0.3, 0.4) is 0 Å². The first kappa shape index (κ1) is 9.75. The molecule has 0 radical (unpaired) electrons. The molecule has 1 N–H and O–H groups in total. The van der Waals surface area contributed by atoms with Crippen molar-refractivity contribution in [3.8, 4) is 0 Å². The summed E-state index contributed by atoms with van der Waals surface area (Å²) in [7, 11) is 2.02. The number of nitrogens with one attached hydrogen (secondary N) is 1. The molecular formula is C10H17NS. The zero-order valence-corrected chi connectivity index (χ0v) is 9.09. The predicted molar refractivity (Wildman–Crippen MR) is 55.9 cm³/mol. The van der Waals surface area contributed by atoms with E-state index in [1.165, 1.54) is 10.4 Å². The predicted octanol–water partition coefficient (Wildman–Crippen LogP) is 2.60. The van der Waals surface area contributed by atoms with Gasteiger partial charge in [-0.05, 0) is 51.2 Å². The number of aryl methyl sites for hydroxylation is 1. The molecule has 0 unspecified atom stereocenters. The first-order chi connectivity index (χ1) is 5.55. The van der Waals surface area contributed by atoms with Gasteiger partial charge in [-0.15, -0.1) is 11.3 Å². The van der Waals surface area contributed by atoms with Gasteiger partial charge in [0, 0.05) is 10.4 Å². The summed E-state index contributed by atoms with van der Waals surface area (Å²) in [4.78, 5) is 1.49. The molecule has 2 heteroatoms. The van der Waals surface area contributed by atoms with Crippen LogP contribution in [0.15, 0.2) is 11.4 Å². The number of hydrogen-bond acceptors (Lipinski definition) is 2. The quantitative estimate of drug-likeness (QED) is 0.759. The average Bonchev–Trinajstić information content (AvgIpc) is 2.36. The van der Waals surface area contributed by atoms with Gasteiger partial charge in [0.1, 0.15) is 0 Å². The first-order valence-corrected chi connectivity index (χ1v) is 5.15. The molecule has 0 fully saturated rings. The molecule has 1 nitrogen and oxygen atoms in total. The van der Waals surface area contributed by atoms with Crippen LogP contribution in [0, 0.1) is 6.92 Å². The Morgan fingerprint density at radius 3 is 2.58 bits per heavy atom. The highest BCUT2D eigenvalue weighted by Gasteiger charge is 2.16. The Hall–Kier alpha value is -0.340. The molecular weight excluding hydrogens is 166 g/mol. The van der Waals surface area contributed by atoms with Crippen molar-refractivity contribution >= 4 is 11.3 Å². The van der Waals surface area contributed by atoms with Gasteiger partial charge >= 0.3 is 0 Å². The van der Waals surface area contributed by atoms with Gasteiger partial charge in [0.05, 0.1) is 0 Å². The molecule has 0 aliphatic carbocycles. The number of likely N-dealkylation sites (N-methyl/N-ethyl adjacent to an activating group) is 1. The van der Waals surface area contributed by atoms with E-state index in [0.717, 1.165) is 6.42 Å². The van der Waals surface area contributed by atoms with E-state index in [0.29, 0.717) is 0 Å². The van der Waals surface area contributed by atoms with Gasteiger partial charge in [-0.3, -0.25) is 0 Å². The summed E-state index contributed by atoms with van der Waals surface area (Å²) < 4.78 is 0. The molecule has 1 aromatic heterocycles. The normalized spacial score (nSPS) is 12.0. The second kappa shape index (κ2) is 3.58. The zero-order chi connectivity index (χ0) is 9.19. The topological polar surface area (TPSA) is 12.0 Å². The van der Waals surface area contributed by atoms with Crippen molar-refractivity contribution in [3.05, 3.63) is 21.9 Å². The van der Waals surface area contributed by atoms with E-state index >= 15 is 0 Å². The van der Waals surface area contributed by atoms with Gasteiger partial charge in [0.25, 0.3) is 0 Å². The average molecular weight is 183 g/mol. The number of thiophene rings is 1. The molecule has 1 heterocycles. The molecule has 0 bridgehead atoms. The number of rotatable bonds is 3. The Morgan fingerprint density at radius 1 is 1.50 bits per heavy atom. The summed E-state index contributed by atoms with van der Waals surface area (Å²) in [5.74, 6) is 0. The third kappa shape index (κ3) is 2.32. The van der Waals surface area contributed by atoms with Crippen LogP contribution in [0.25, 0.3) is 0 Å². The molecule has 1 aromatic rings. The van der Waals surface area contributed by atoms with Crippen molar-refractivity contribution in [2.24, 2.45) is 0 Å². The standard InChI is InChI=1S/C10H17NS/c1-8-5-6-12-9(8)7-10(2,3)11-4/h5-6,11H,7H2,1-4H3. The fourth-order valence-corrected chi connectivity index (χ4v) is 2.21. The third-order valence-electron chi connectivity index (χ3n) is 2.25. The van der Waals surface area contributed by atoms with Crippen LogP contribution in [0.2, 0.25) is 0 Å². The molecule has 0 aliphatic heterocycles. The van der Waals surface area contributed by atoms with Crippen LogP contribution in [-0.2, 0) is 6.42 Å². The minimum atomic E-state index is 0.218. The highest BCUT2D eigenvalue weighted by Crippen LogP contribution is 2.21. The monoisotopic (exact) mass is 183 g/mol. The summed E-state index contributed by atoms with van der Waals surface area (Å²) in [5, 5.41) is 5.48. The summed E-state index contributed by atoms with van der Waals surface area (Å²) in [6.45, 7) is 6.63. The van der Waals surface area contributed by atoms with E-state index in [1.54, 1.807) is 0 Å². The maximum absolute atomic E-state index is 3.31. The van der Waals surface area contributed by atoms with Crippen LogP contribution in [0.5, 0.6) is 0 Å². The van der Waals surface area contributed by atoms with E-state index < -0.39 is 0 Å². The highest BCUT2D eigenvalue weighted by molar-refractivity contribution is 7.10. The molecule has 68 valence electrons. The lowest BCUT2D eigenvalue weighted by atomic mass is 9.99. The van der Waals surface area contributed by atoms with Crippen LogP contribution >= 0.6 is 11.3 Å². The van der Waals surface area contributed by atoms with Gasteiger partial charge < -0.3 is 5.32 Å². The lowest BCUT2D eigenvalue weighted by Crippen LogP contribution is -2.38. The smallest absolute Gasteiger partial charge is 0.0170 e. The number of hydrogen-bond donors (Lipinski definition) is 1. The summed E-state index contributed by atoms with van der Waals surface area (Å²) in [6, 6.07) is 2.19. The van der Waals surface area contributed by atoms with Crippen molar-refractivity contribution in [3.63, 3.8) is 0 Å². The summed E-state index contributed by atoms with van der Waals surface area (Å²) >= 11 is 1.85. The Bertz CT molecular complexity index is 250. The second-order valence-corrected chi connectivity index (χ2v) is 4.84. The first-order valence-electron chi connectivity index (χ1n) is 4.27. The fourth-order valence-electron chi connectivity index (χ4n) is 1.07. The van der Waals surface area contributed by atoms with Gasteiger partial charge in [0.2, 0.25) is 0 Å². The molecule has 1 rings (SSSR count). The van der Waals surface area contributed by atoms with Crippen molar-refractivity contribution in [2.75, 3.05) is 7.05 Å². The minimum Gasteiger partial charge on any atom is -0.314 e. The molecule has 0 amide bonds. The van der Waals surface area contributed by atoms with Crippen LogP contribution in [0.1, 0.15) is 24.3 Å². The molecule has 0 saturated heterocycles. The second-order valence-electron chi connectivity index (χ2n) is 3.84. The Kier molecular flexibility index (Phi) is 2.91. The Morgan fingerprint density at radius 2 is 2.17 bits per heavy atom. The minimum absolute atomic E-state index is 0.218. The van der Waals surface area contributed by atoms with E-state index in [2.05, 4.69) is 37.5 Å². The third-order valence-corrected chi connectivity index (χ3v) is 3.27. The SMILES string of the molecule is CNC(C)(C)Cc1sccc1C. The van der Waals surface area contributed by atoms with Crippen LogP contribution in [0.4, 0.5) is 0 Å². The molecule has 0 atom stereocenters. The van der Waals surface area contributed by atoms with Crippen LogP contribution < -0.4 is 5.32 Å². The van der Waals surface area contributed by atoms with E-state index in [4.69, 9.17) is 0 Å². The summed E-state index contributed by atoms with van der Waals surface area (Å²) in [5.41, 5.74) is 1.64. The zero-order valence-electron chi connectivity index (χ0n) is 8.27. The Labute approximate surface area is 78.8 Å². The lowest BCUT2D eigenvalue weighted by molar-refractivity contribution is 0.424. The van der Waals surface area contributed by atoms with Gasteiger partial charge in [-0.25, -0.2) is 0 Å². The molecule has 12 heavy (non-hydrogen) atoms. The maximum Gasteiger partial charge on any atom is 0.0170 e. The van der Waals surface area contributed by atoms with Gasteiger partial charge in [-0.1, -0.05) is 0 Å². The van der Waals surface area contributed by atoms with Crippen molar-refractivity contribution in [1.82, 2.24) is 5.32 Å². The van der Waals surface area contributed by atoms with Gasteiger partial charge in [0.15, 0.2) is 0 Å². The fraction of sp³-hybridized carbons (Fsp3) is 0.600. The van der Waals surface area contributed by atoms with E-state index in [1.807, 2.05) is 18.4 Å². The molecule has 0 aromatic carbocycles. The van der Waals surface area contributed by atoms with Crippen LogP contribution in [-0.4, -0.2) is 12.6 Å². The highest BCUT2D eigenvalue weighted by atomic mass is 32.1. The lowest BCUT2D eigenvalue weighted by Gasteiger charge is -2.23. The van der Waals surface area contributed by atoms with Crippen molar-refractivity contribution in [2.45, 2.75) is 32.7 Å². The van der Waals surface area contributed by atoms with E-state index in [9.17, 15) is 0 Å².